The number of carboxylic acid groups (broad SMARTS) is 1. The number of urea groups is 1. The van der Waals surface area contributed by atoms with Gasteiger partial charge in [0.25, 0.3) is 5.92 Å². The molecule has 1 rings (SSSR count). The topological polar surface area (TPSA) is 98.7 Å². The molecule has 0 saturated heterocycles. The van der Waals surface area contributed by atoms with Gasteiger partial charge >= 0.3 is 12.0 Å². The Morgan fingerprint density at radius 1 is 1.22 bits per heavy atom. The third-order valence-corrected chi connectivity index (χ3v) is 3.11. The number of nitrogens with one attached hydrogen (secondary N) is 2. The lowest BCUT2D eigenvalue weighted by Crippen LogP contribution is -2.47. The Kier molecular flexibility index (Phi) is 7.40. The highest BCUT2D eigenvalue weighted by Crippen LogP contribution is 2.10. The number of halogens is 2. The molecule has 0 aliphatic heterocycles. The van der Waals surface area contributed by atoms with Gasteiger partial charge in [0, 0.05) is 12.5 Å². The van der Waals surface area contributed by atoms with E-state index in [1.807, 2.05) is 35.6 Å². The molecule has 6 nitrogen and oxygen atoms in total. The van der Waals surface area contributed by atoms with Crippen LogP contribution >= 0.6 is 0 Å². The molecule has 0 aromatic heterocycles. The zero-order valence-electron chi connectivity index (χ0n) is 12.5. The van der Waals surface area contributed by atoms with Crippen LogP contribution in [0.3, 0.4) is 0 Å². The molecule has 0 aliphatic carbocycles. The standard InChI is InChI=1S/C15H20F2N2O4/c16-15(17,10-20)9-18-14(23)19-12(6-7-13(21)22)8-11-4-2-1-3-5-11/h1-5,12,20H,6-10H2,(H,21,22)(H2,18,19,23). The summed E-state index contributed by atoms with van der Waals surface area (Å²) in [7, 11) is 0. The molecule has 0 bridgehead atoms. The van der Waals surface area contributed by atoms with Crippen LogP contribution in [0.15, 0.2) is 30.3 Å². The smallest absolute Gasteiger partial charge is 0.315 e. The monoisotopic (exact) mass is 330 g/mol. The summed E-state index contributed by atoms with van der Waals surface area (Å²) in [5.74, 6) is -4.40. The van der Waals surface area contributed by atoms with Crippen LogP contribution in [0.1, 0.15) is 18.4 Å². The van der Waals surface area contributed by atoms with E-state index in [0.717, 1.165) is 5.56 Å². The number of carbonyl (C=O) groups excluding carboxylic acids is 1. The fourth-order valence-electron chi connectivity index (χ4n) is 1.92. The number of alkyl halides is 2. The molecule has 0 heterocycles. The summed E-state index contributed by atoms with van der Waals surface area (Å²) in [6.07, 6.45) is 0.413. The molecular formula is C15H20F2N2O4. The number of aliphatic carboxylic acids is 1. The molecule has 0 saturated carbocycles. The van der Waals surface area contributed by atoms with Gasteiger partial charge in [-0.2, -0.15) is 0 Å². The van der Waals surface area contributed by atoms with Gasteiger partial charge in [-0.25, -0.2) is 13.6 Å². The van der Waals surface area contributed by atoms with Crippen molar-refractivity contribution in [2.45, 2.75) is 31.2 Å². The summed E-state index contributed by atoms with van der Waals surface area (Å²) < 4.78 is 25.8. The predicted molar refractivity (Wildman–Crippen MR) is 79.4 cm³/mol. The minimum absolute atomic E-state index is 0.148. The van der Waals surface area contributed by atoms with Gasteiger partial charge in [-0.15, -0.1) is 0 Å². The fourth-order valence-corrected chi connectivity index (χ4v) is 1.92. The summed E-state index contributed by atoms with van der Waals surface area (Å²) in [6.45, 7) is -2.36. The van der Waals surface area contributed by atoms with Gasteiger partial charge in [0.15, 0.2) is 0 Å². The second-order valence-electron chi connectivity index (χ2n) is 5.16. The van der Waals surface area contributed by atoms with Crippen molar-refractivity contribution in [2.24, 2.45) is 0 Å². The lowest BCUT2D eigenvalue weighted by atomic mass is 10.0. The Labute approximate surface area is 132 Å². The maximum atomic E-state index is 12.9. The Morgan fingerprint density at radius 2 is 1.87 bits per heavy atom. The quantitative estimate of drug-likeness (QED) is 0.550. The molecule has 2 amide bonds. The summed E-state index contributed by atoms with van der Waals surface area (Å²) in [6, 6.07) is 7.77. The molecule has 23 heavy (non-hydrogen) atoms. The third kappa shape index (κ3) is 8.10. The lowest BCUT2D eigenvalue weighted by molar-refractivity contribution is -0.137. The number of aliphatic hydroxyl groups is 1. The van der Waals surface area contributed by atoms with Crippen molar-refractivity contribution in [1.82, 2.24) is 10.6 Å². The lowest BCUT2D eigenvalue weighted by Gasteiger charge is -2.20. The van der Waals surface area contributed by atoms with Crippen molar-refractivity contribution in [3.05, 3.63) is 35.9 Å². The van der Waals surface area contributed by atoms with E-state index in [1.165, 1.54) is 0 Å². The molecule has 128 valence electrons. The maximum Gasteiger partial charge on any atom is 0.315 e. The molecule has 1 aromatic carbocycles. The Balaban J connectivity index is 2.57. The highest BCUT2D eigenvalue weighted by atomic mass is 19.3. The van der Waals surface area contributed by atoms with Gasteiger partial charge in [0.1, 0.15) is 6.61 Å². The van der Waals surface area contributed by atoms with E-state index in [-0.39, 0.29) is 12.8 Å². The highest BCUT2D eigenvalue weighted by molar-refractivity contribution is 5.74. The number of aliphatic hydroxyl groups excluding tert-OH is 1. The van der Waals surface area contributed by atoms with Gasteiger partial charge in [-0.1, -0.05) is 30.3 Å². The average molecular weight is 330 g/mol. The minimum atomic E-state index is -3.40. The normalized spacial score (nSPS) is 12.5. The molecule has 1 unspecified atom stereocenters. The predicted octanol–water partition coefficient (Wildman–Crippen LogP) is 1.39. The summed E-state index contributed by atoms with van der Waals surface area (Å²) in [5, 5.41) is 21.7. The number of benzene rings is 1. The molecule has 1 aromatic rings. The Hall–Kier alpha value is -2.22. The van der Waals surface area contributed by atoms with Crippen molar-refractivity contribution in [3.63, 3.8) is 0 Å². The minimum Gasteiger partial charge on any atom is -0.481 e. The summed E-state index contributed by atoms with van der Waals surface area (Å²) >= 11 is 0. The van der Waals surface area contributed by atoms with Gasteiger partial charge in [0.2, 0.25) is 0 Å². The van der Waals surface area contributed by atoms with Crippen molar-refractivity contribution in [3.8, 4) is 0 Å². The van der Waals surface area contributed by atoms with Crippen LogP contribution in [0.5, 0.6) is 0 Å². The summed E-state index contributed by atoms with van der Waals surface area (Å²) in [5.41, 5.74) is 0.892. The number of hydrogen-bond donors (Lipinski definition) is 4. The Morgan fingerprint density at radius 3 is 2.43 bits per heavy atom. The van der Waals surface area contributed by atoms with E-state index in [9.17, 15) is 18.4 Å². The van der Waals surface area contributed by atoms with Crippen LogP contribution in [0, 0.1) is 0 Å². The van der Waals surface area contributed by atoms with Crippen molar-refractivity contribution in [1.29, 1.82) is 0 Å². The van der Waals surface area contributed by atoms with Gasteiger partial charge in [-0.3, -0.25) is 4.79 Å². The molecule has 0 aliphatic rings. The number of amides is 2. The van der Waals surface area contributed by atoms with Crippen LogP contribution in [0.2, 0.25) is 0 Å². The van der Waals surface area contributed by atoms with Gasteiger partial charge in [-0.05, 0) is 18.4 Å². The molecule has 0 radical (unpaired) electrons. The van der Waals surface area contributed by atoms with E-state index in [2.05, 4.69) is 5.32 Å². The van der Waals surface area contributed by atoms with Crippen molar-refractivity contribution in [2.75, 3.05) is 13.2 Å². The molecular weight excluding hydrogens is 310 g/mol. The van der Waals surface area contributed by atoms with E-state index in [0.29, 0.717) is 6.42 Å². The molecule has 8 heteroatoms. The van der Waals surface area contributed by atoms with Crippen LogP contribution in [-0.4, -0.2) is 47.3 Å². The number of hydrogen-bond acceptors (Lipinski definition) is 3. The maximum absolute atomic E-state index is 12.9. The molecule has 1 atom stereocenters. The third-order valence-electron chi connectivity index (χ3n) is 3.11. The second-order valence-corrected chi connectivity index (χ2v) is 5.16. The average Bonchev–Trinajstić information content (AvgIpc) is 2.52. The van der Waals surface area contributed by atoms with Gasteiger partial charge in [0.05, 0.1) is 6.54 Å². The van der Waals surface area contributed by atoms with E-state index >= 15 is 0 Å². The van der Waals surface area contributed by atoms with Crippen LogP contribution in [0.4, 0.5) is 13.6 Å². The van der Waals surface area contributed by atoms with Crippen LogP contribution < -0.4 is 10.6 Å². The van der Waals surface area contributed by atoms with E-state index < -0.39 is 37.1 Å². The first kappa shape index (κ1) is 18.8. The van der Waals surface area contributed by atoms with Gasteiger partial charge < -0.3 is 20.8 Å². The largest absolute Gasteiger partial charge is 0.481 e. The first-order valence-electron chi connectivity index (χ1n) is 7.11. The first-order chi connectivity index (χ1) is 10.8. The zero-order chi connectivity index (χ0) is 17.3. The molecule has 0 fully saturated rings. The number of rotatable bonds is 9. The summed E-state index contributed by atoms with van der Waals surface area (Å²) in [4.78, 5) is 22.3. The second kappa shape index (κ2) is 9.04. The Bertz CT molecular complexity index is 511. The van der Waals surface area contributed by atoms with Crippen molar-refractivity contribution >= 4 is 12.0 Å². The van der Waals surface area contributed by atoms with E-state index in [4.69, 9.17) is 10.2 Å². The first-order valence-corrected chi connectivity index (χ1v) is 7.11. The molecule has 4 N–H and O–H groups in total. The zero-order valence-corrected chi connectivity index (χ0v) is 12.5. The number of carboxylic acids is 1. The highest BCUT2D eigenvalue weighted by Gasteiger charge is 2.28. The van der Waals surface area contributed by atoms with Crippen LogP contribution in [-0.2, 0) is 11.2 Å². The van der Waals surface area contributed by atoms with Crippen LogP contribution in [0.25, 0.3) is 0 Å². The fraction of sp³-hybridized carbons (Fsp3) is 0.467. The van der Waals surface area contributed by atoms with E-state index in [1.54, 1.807) is 0 Å². The SMILES string of the molecule is O=C(O)CCC(Cc1ccccc1)NC(=O)NCC(F)(F)CO. The van der Waals surface area contributed by atoms with Crippen molar-refractivity contribution < 1.29 is 28.6 Å². The number of carbonyl (C=O) groups is 2. The molecule has 0 spiro atoms.